The van der Waals surface area contributed by atoms with Crippen molar-refractivity contribution in [1.29, 1.82) is 0 Å². The van der Waals surface area contributed by atoms with Crippen LogP contribution >= 0.6 is 0 Å². The Bertz CT molecular complexity index is 1110. The van der Waals surface area contributed by atoms with Crippen molar-refractivity contribution in [2.75, 3.05) is 6.54 Å². The van der Waals surface area contributed by atoms with Crippen LogP contribution in [0.15, 0.2) is 35.3 Å². The van der Waals surface area contributed by atoms with Gasteiger partial charge in [0.05, 0.1) is 30.9 Å². The van der Waals surface area contributed by atoms with E-state index in [0.29, 0.717) is 12.8 Å². The minimum atomic E-state index is -0.904. The molecule has 1 aliphatic carbocycles. The highest BCUT2D eigenvalue weighted by Crippen LogP contribution is 2.43. The predicted octanol–water partition coefficient (Wildman–Crippen LogP) is 2.87. The number of aliphatic imine (C=N–C) groups is 1. The van der Waals surface area contributed by atoms with Crippen molar-refractivity contribution in [3.8, 4) is 16.9 Å². The Morgan fingerprint density at radius 1 is 1.28 bits per heavy atom. The molecule has 0 heterocycles. The minimum Gasteiger partial charge on any atom is -0.507 e. The second kappa shape index (κ2) is 7.58. The number of amides is 1. The van der Waals surface area contributed by atoms with E-state index in [1.54, 1.807) is 0 Å². The minimum absolute atomic E-state index is 0.00477. The summed E-state index contributed by atoms with van der Waals surface area (Å²) >= 11 is 0. The quantitative estimate of drug-likeness (QED) is 0.363. The molecule has 0 radical (unpaired) electrons. The lowest BCUT2D eigenvalue weighted by atomic mass is 9.94. The topological polar surface area (TPSA) is 117 Å². The number of guanidine groups is 1. The number of phenolic OH excluding ortho intramolecular Hbond substituents is 1. The lowest BCUT2D eigenvalue weighted by Gasteiger charge is -2.15. The fraction of sp³-hybridized carbons (Fsp3) is 0.200. The van der Waals surface area contributed by atoms with Gasteiger partial charge in [0.2, 0.25) is 5.69 Å². The number of nitrogens with zero attached hydrogens (tertiary/aromatic N) is 3. The summed E-state index contributed by atoms with van der Waals surface area (Å²) in [5.74, 6) is -2.45. The molecule has 1 aliphatic rings. The summed E-state index contributed by atoms with van der Waals surface area (Å²) in [4.78, 5) is 23.2. The zero-order chi connectivity index (χ0) is 21.2. The molecular weight excluding hydrogens is 377 g/mol. The molecule has 2 aromatic carbocycles. The van der Waals surface area contributed by atoms with Gasteiger partial charge in [0, 0.05) is 0 Å². The van der Waals surface area contributed by atoms with Gasteiger partial charge in [-0.25, -0.2) is 14.1 Å². The summed E-state index contributed by atoms with van der Waals surface area (Å²) in [6.45, 7) is 14.6. The van der Waals surface area contributed by atoms with E-state index in [-0.39, 0.29) is 40.6 Å². The number of carbonyl (C=O) groups is 1. The van der Waals surface area contributed by atoms with Crippen molar-refractivity contribution in [2.24, 2.45) is 10.7 Å². The van der Waals surface area contributed by atoms with Crippen molar-refractivity contribution in [1.82, 2.24) is 5.32 Å². The van der Waals surface area contributed by atoms with Gasteiger partial charge in [-0.3, -0.25) is 15.1 Å². The van der Waals surface area contributed by atoms with E-state index in [1.807, 2.05) is 0 Å². The van der Waals surface area contributed by atoms with E-state index < -0.39 is 23.1 Å². The molecule has 3 rings (SSSR count). The van der Waals surface area contributed by atoms with Gasteiger partial charge in [0.25, 0.3) is 5.91 Å². The highest BCUT2D eigenvalue weighted by atomic mass is 19.1. The maximum atomic E-state index is 14.1. The monoisotopic (exact) mass is 393 g/mol. The number of nitrogens with one attached hydrogen (secondary N) is 1. The van der Waals surface area contributed by atoms with Crippen LogP contribution in [-0.2, 0) is 0 Å². The van der Waals surface area contributed by atoms with Gasteiger partial charge in [-0.2, -0.15) is 0 Å². The first-order chi connectivity index (χ1) is 13.8. The number of hydrogen-bond acceptors (Lipinski definition) is 4. The molecule has 0 bridgehead atoms. The van der Waals surface area contributed by atoms with Gasteiger partial charge < -0.3 is 15.9 Å². The standard InChI is InChI=1S/C20H16FN5O3/c1-23-13-6-7-14(27)16(15(13)11-4-3-5-12(21)17(11)24-2)18(28)26-19(22)25-10-20(29)8-9-20/h3-7,27,29H,8-10H2,(H3,22,25,26,28). The van der Waals surface area contributed by atoms with Gasteiger partial charge in [-0.1, -0.05) is 18.2 Å². The fourth-order valence-electron chi connectivity index (χ4n) is 2.76. The van der Waals surface area contributed by atoms with Gasteiger partial charge in [0.1, 0.15) is 11.6 Å². The molecule has 8 nitrogen and oxygen atoms in total. The first-order valence-electron chi connectivity index (χ1n) is 8.53. The maximum Gasteiger partial charge on any atom is 0.260 e. The Hall–Kier alpha value is -3.95. The normalized spacial score (nSPS) is 14.6. The third-order valence-electron chi connectivity index (χ3n) is 4.49. The average molecular weight is 393 g/mol. The van der Waals surface area contributed by atoms with E-state index in [0.717, 1.165) is 12.1 Å². The number of phenols is 1. The Kier molecular flexibility index (Phi) is 5.18. The lowest BCUT2D eigenvalue weighted by Crippen LogP contribution is -2.38. The number of benzene rings is 2. The predicted molar refractivity (Wildman–Crippen MR) is 104 cm³/mol. The molecule has 0 aliphatic heterocycles. The molecule has 9 heteroatoms. The first-order valence-corrected chi connectivity index (χ1v) is 8.53. The summed E-state index contributed by atoms with van der Waals surface area (Å²) < 4.78 is 14.1. The Morgan fingerprint density at radius 3 is 2.62 bits per heavy atom. The molecule has 1 fully saturated rings. The number of halogens is 1. The number of rotatable bonds is 4. The van der Waals surface area contributed by atoms with Crippen LogP contribution in [-0.4, -0.2) is 34.2 Å². The van der Waals surface area contributed by atoms with Crippen LogP contribution in [0.1, 0.15) is 23.2 Å². The summed E-state index contributed by atoms with van der Waals surface area (Å²) in [6, 6.07) is 6.24. The lowest BCUT2D eigenvalue weighted by molar-refractivity contribution is 0.0974. The smallest absolute Gasteiger partial charge is 0.260 e. The highest BCUT2D eigenvalue weighted by Gasteiger charge is 2.40. The molecule has 1 amide bonds. The highest BCUT2D eigenvalue weighted by molar-refractivity contribution is 6.13. The number of hydrogen-bond donors (Lipinski definition) is 4. The summed E-state index contributed by atoms with van der Waals surface area (Å²) in [7, 11) is 0. The fourth-order valence-corrected chi connectivity index (χ4v) is 2.76. The third-order valence-corrected chi connectivity index (χ3v) is 4.49. The van der Waals surface area contributed by atoms with Gasteiger partial charge >= 0.3 is 0 Å². The molecular formula is C20H16FN5O3. The Labute approximate surface area is 165 Å². The zero-order valence-electron chi connectivity index (χ0n) is 15.1. The van der Waals surface area contributed by atoms with Crippen LogP contribution in [0, 0.1) is 19.0 Å². The number of nitrogens with two attached hydrogens (primary N) is 1. The molecule has 146 valence electrons. The van der Waals surface area contributed by atoms with Crippen LogP contribution in [0.2, 0.25) is 0 Å². The van der Waals surface area contributed by atoms with Crippen LogP contribution < -0.4 is 11.1 Å². The SMILES string of the molecule is [C-]#[N+]c1ccc(O)c(C(=O)NC(N)=NCC2(O)CC2)c1-c1cccc(F)c1[N+]#[C-]. The number of carbonyl (C=O) groups excluding carboxylic acids is 1. The van der Waals surface area contributed by atoms with Crippen molar-refractivity contribution < 1.29 is 19.4 Å². The number of para-hydroxylation sites is 1. The van der Waals surface area contributed by atoms with Crippen LogP contribution in [0.25, 0.3) is 20.8 Å². The molecule has 5 N–H and O–H groups in total. The second-order valence-corrected chi connectivity index (χ2v) is 6.59. The van der Waals surface area contributed by atoms with Crippen molar-refractivity contribution in [2.45, 2.75) is 18.4 Å². The third kappa shape index (κ3) is 4.00. The van der Waals surface area contributed by atoms with Crippen LogP contribution in [0.5, 0.6) is 5.75 Å². The van der Waals surface area contributed by atoms with Crippen LogP contribution in [0.3, 0.4) is 0 Å². The number of aliphatic hydroxyl groups is 1. The summed E-state index contributed by atoms with van der Waals surface area (Å²) in [6.07, 6.45) is 1.18. The molecule has 0 atom stereocenters. The summed E-state index contributed by atoms with van der Waals surface area (Å²) in [5, 5.41) is 22.4. The van der Waals surface area contributed by atoms with E-state index in [1.165, 1.54) is 18.2 Å². The van der Waals surface area contributed by atoms with Gasteiger partial charge in [-0.15, -0.1) is 0 Å². The maximum absolute atomic E-state index is 14.1. The molecule has 0 spiro atoms. The Balaban J connectivity index is 2.08. The zero-order valence-corrected chi connectivity index (χ0v) is 15.1. The largest absolute Gasteiger partial charge is 0.507 e. The van der Waals surface area contributed by atoms with Crippen molar-refractivity contribution in [3.63, 3.8) is 0 Å². The van der Waals surface area contributed by atoms with E-state index >= 15 is 0 Å². The Morgan fingerprint density at radius 2 is 2.00 bits per heavy atom. The molecule has 29 heavy (non-hydrogen) atoms. The molecule has 2 aromatic rings. The van der Waals surface area contributed by atoms with E-state index in [2.05, 4.69) is 20.0 Å². The van der Waals surface area contributed by atoms with Crippen molar-refractivity contribution >= 4 is 23.2 Å². The number of aromatic hydroxyl groups is 1. The molecule has 1 saturated carbocycles. The summed E-state index contributed by atoms with van der Waals surface area (Å²) in [5.41, 5.74) is 3.93. The van der Waals surface area contributed by atoms with E-state index in [4.69, 9.17) is 18.9 Å². The molecule has 0 saturated heterocycles. The van der Waals surface area contributed by atoms with E-state index in [9.17, 15) is 19.4 Å². The van der Waals surface area contributed by atoms with Gasteiger partial charge in [0.15, 0.2) is 11.6 Å². The van der Waals surface area contributed by atoms with Gasteiger partial charge in [-0.05, 0) is 36.1 Å². The molecule has 0 unspecified atom stereocenters. The second-order valence-electron chi connectivity index (χ2n) is 6.59. The molecule has 0 aromatic heterocycles. The van der Waals surface area contributed by atoms with Crippen LogP contribution in [0.4, 0.5) is 15.8 Å². The average Bonchev–Trinajstić information content (AvgIpc) is 3.43. The first kappa shape index (κ1) is 19.8. The van der Waals surface area contributed by atoms with Crippen molar-refractivity contribution in [3.05, 3.63) is 64.5 Å².